The van der Waals surface area contributed by atoms with E-state index in [4.69, 9.17) is 9.47 Å². The van der Waals surface area contributed by atoms with Crippen molar-refractivity contribution in [3.05, 3.63) is 57.6 Å². The Labute approximate surface area is 171 Å². The fourth-order valence-electron chi connectivity index (χ4n) is 2.88. The normalized spacial score (nSPS) is 19.1. The van der Waals surface area contributed by atoms with Crippen LogP contribution in [-0.4, -0.2) is 24.4 Å². The van der Waals surface area contributed by atoms with Gasteiger partial charge in [-0.15, -0.1) is 0 Å². The van der Waals surface area contributed by atoms with Crippen molar-refractivity contribution in [2.45, 2.75) is 31.9 Å². The van der Waals surface area contributed by atoms with Crippen LogP contribution in [0, 0.1) is 6.92 Å². The van der Waals surface area contributed by atoms with E-state index in [0.29, 0.717) is 30.5 Å². The third-order valence-corrected chi connectivity index (χ3v) is 6.26. The second kappa shape index (κ2) is 8.99. The monoisotopic (exact) mass is 451 g/mol. The number of carboxylic acid groups (broad SMARTS) is 1. The number of halogens is 1. The zero-order valence-corrected chi connectivity index (χ0v) is 17.6. The molecule has 0 bridgehead atoms. The zero-order valence-electron chi connectivity index (χ0n) is 15.2. The molecule has 0 aliphatic carbocycles. The van der Waals surface area contributed by atoms with Gasteiger partial charge in [0, 0.05) is 5.56 Å². The Hall–Kier alpha value is -1.70. The number of ether oxygens (including phenoxy) is 2. The van der Waals surface area contributed by atoms with Gasteiger partial charge in [0.15, 0.2) is 16.9 Å². The maximum Gasteiger partial charge on any atom is 0.175 e. The first-order valence-corrected chi connectivity index (χ1v) is 10.6. The summed E-state index contributed by atoms with van der Waals surface area (Å²) >= 11 is 5.18. The van der Waals surface area contributed by atoms with Crippen molar-refractivity contribution >= 4 is 33.7 Å². The average Bonchev–Trinajstić information content (AvgIpc) is 3.13. The van der Waals surface area contributed by atoms with E-state index in [1.165, 1.54) is 5.56 Å². The zero-order chi connectivity index (χ0) is 19.4. The summed E-state index contributed by atoms with van der Waals surface area (Å²) in [6.07, 6.45) is 0. The molecule has 1 fully saturated rings. The van der Waals surface area contributed by atoms with E-state index >= 15 is 0 Å². The molecular weight excluding hydrogens is 430 g/mol. The average molecular weight is 452 g/mol. The van der Waals surface area contributed by atoms with Gasteiger partial charge in [0.25, 0.3) is 0 Å². The number of carbonyl (C=O) groups is 1. The largest absolute Gasteiger partial charge is 0.544 e. The fourth-order valence-corrected chi connectivity index (χ4v) is 4.74. The maximum absolute atomic E-state index is 11.1. The first-order valence-electron chi connectivity index (χ1n) is 8.80. The van der Waals surface area contributed by atoms with Crippen LogP contribution in [0.2, 0.25) is 0 Å². The van der Waals surface area contributed by atoms with Gasteiger partial charge in [0.2, 0.25) is 0 Å². The summed E-state index contributed by atoms with van der Waals surface area (Å²) in [7, 11) is 0. The maximum atomic E-state index is 11.1. The van der Waals surface area contributed by atoms with Crippen molar-refractivity contribution in [2.75, 3.05) is 12.4 Å². The number of nitrogens with two attached hydrogens (primary N) is 1. The molecule has 1 heterocycles. The van der Waals surface area contributed by atoms with Crippen LogP contribution in [0.4, 0.5) is 0 Å². The van der Waals surface area contributed by atoms with Gasteiger partial charge in [-0.2, -0.15) is 0 Å². The molecule has 1 aliphatic heterocycles. The molecule has 1 aliphatic rings. The first kappa shape index (κ1) is 20.0. The van der Waals surface area contributed by atoms with Crippen molar-refractivity contribution in [1.29, 1.82) is 0 Å². The molecule has 7 heteroatoms. The molecule has 2 N–H and O–H groups in total. The van der Waals surface area contributed by atoms with Gasteiger partial charge in [0.1, 0.15) is 18.6 Å². The van der Waals surface area contributed by atoms with E-state index in [0.717, 1.165) is 15.6 Å². The highest BCUT2D eigenvalue weighted by Gasteiger charge is 2.32. The summed E-state index contributed by atoms with van der Waals surface area (Å²) in [5.41, 5.74) is 3.27. The SMILES string of the molecule is CCOc1cc(C2[NH2+]C(C(=O)[O-])CS2)cc(Br)c1OCc1ccc(C)cc1. The quantitative estimate of drug-likeness (QED) is 0.697. The van der Waals surface area contributed by atoms with E-state index in [1.54, 1.807) is 11.8 Å². The van der Waals surface area contributed by atoms with E-state index < -0.39 is 12.0 Å². The number of benzene rings is 2. The van der Waals surface area contributed by atoms with E-state index in [-0.39, 0.29) is 5.37 Å². The lowest BCUT2D eigenvalue weighted by Gasteiger charge is -2.17. The molecule has 0 radical (unpaired) electrons. The summed E-state index contributed by atoms with van der Waals surface area (Å²) < 4.78 is 12.6. The van der Waals surface area contributed by atoms with Crippen LogP contribution in [0.15, 0.2) is 40.9 Å². The second-order valence-electron chi connectivity index (χ2n) is 6.41. The minimum atomic E-state index is -1.02. The fraction of sp³-hybridized carbons (Fsp3) is 0.350. The Morgan fingerprint density at radius 2 is 2.04 bits per heavy atom. The van der Waals surface area contributed by atoms with Crippen molar-refractivity contribution in [1.82, 2.24) is 0 Å². The number of aliphatic carboxylic acids is 1. The van der Waals surface area contributed by atoms with Gasteiger partial charge >= 0.3 is 0 Å². The summed E-state index contributed by atoms with van der Waals surface area (Å²) in [6, 6.07) is 11.6. The molecule has 0 spiro atoms. The minimum Gasteiger partial charge on any atom is -0.544 e. The highest BCUT2D eigenvalue weighted by atomic mass is 79.9. The third-order valence-electron chi connectivity index (χ3n) is 4.33. The lowest BCUT2D eigenvalue weighted by molar-refractivity contribution is -0.690. The van der Waals surface area contributed by atoms with Crippen LogP contribution in [0.3, 0.4) is 0 Å². The molecule has 2 atom stereocenters. The van der Waals surface area contributed by atoms with Crippen LogP contribution in [0.5, 0.6) is 11.5 Å². The van der Waals surface area contributed by atoms with Crippen LogP contribution >= 0.6 is 27.7 Å². The van der Waals surface area contributed by atoms with Gasteiger partial charge < -0.3 is 24.7 Å². The molecule has 5 nitrogen and oxygen atoms in total. The third kappa shape index (κ3) is 4.97. The number of carbonyl (C=O) groups excluding carboxylic acids is 1. The number of quaternary nitrogens is 1. The molecule has 3 rings (SSSR count). The Balaban J connectivity index is 1.79. The number of hydrogen-bond donors (Lipinski definition) is 1. The number of hydrogen-bond acceptors (Lipinski definition) is 5. The molecule has 2 aromatic rings. The smallest absolute Gasteiger partial charge is 0.175 e. The predicted molar refractivity (Wildman–Crippen MR) is 107 cm³/mol. The Morgan fingerprint density at radius 1 is 1.30 bits per heavy atom. The minimum absolute atomic E-state index is 0.00504. The molecular formula is C20H22BrNO4S. The lowest BCUT2D eigenvalue weighted by Crippen LogP contribution is -2.90. The van der Waals surface area contributed by atoms with Gasteiger partial charge in [-0.3, -0.25) is 0 Å². The van der Waals surface area contributed by atoms with E-state index in [2.05, 4.69) is 35.0 Å². The molecule has 2 unspecified atom stereocenters. The van der Waals surface area contributed by atoms with E-state index in [9.17, 15) is 9.90 Å². The van der Waals surface area contributed by atoms with Crippen molar-refractivity contribution in [2.24, 2.45) is 0 Å². The molecule has 0 aromatic heterocycles. The summed E-state index contributed by atoms with van der Waals surface area (Å²) in [5, 5.41) is 12.9. The van der Waals surface area contributed by atoms with Crippen LogP contribution in [-0.2, 0) is 11.4 Å². The lowest BCUT2D eigenvalue weighted by atomic mass is 10.1. The Kier molecular flexibility index (Phi) is 6.68. The van der Waals surface area contributed by atoms with E-state index in [1.807, 2.05) is 36.5 Å². The number of aryl methyl sites for hydroxylation is 1. The predicted octanol–water partition coefficient (Wildman–Crippen LogP) is 2.16. The topological polar surface area (TPSA) is 75.2 Å². The standard InChI is InChI=1S/C20H22BrNO4S/c1-3-25-17-9-14(19-22-16(11-27-19)20(23)24)8-15(21)18(17)26-10-13-6-4-12(2)5-7-13/h4-9,16,19,22H,3,10-11H2,1-2H3,(H,23,24). The first-order chi connectivity index (χ1) is 13.0. The molecule has 0 amide bonds. The highest BCUT2D eigenvalue weighted by molar-refractivity contribution is 9.10. The Bertz CT molecular complexity index is 812. The molecule has 144 valence electrons. The Morgan fingerprint density at radius 3 is 2.67 bits per heavy atom. The molecule has 2 aromatic carbocycles. The summed E-state index contributed by atoms with van der Waals surface area (Å²) in [4.78, 5) is 11.1. The van der Waals surface area contributed by atoms with Gasteiger partial charge in [-0.25, -0.2) is 0 Å². The number of rotatable bonds is 7. The summed E-state index contributed by atoms with van der Waals surface area (Å²) in [5.74, 6) is 0.813. The van der Waals surface area contributed by atoms with Crippen molar-refractivity contribution < 1.29 is 24.7 Å². The van der Waals surface area contributed by atoms with Crippen LogP contribution < -0.4 is 19.9 Å². The second-order valence-corrected chi connectivity index (χ2v) is 8.44. The highest BCUT2D eigenvalue weighted by Crippen LogP contribution is 2.40. The molecule has 0 saturated carbocycles. The van der Waals surface area contributed by atoms with Crippen molar-refractivity contribution in [3.8, 4) is 11.5 Å². The molecule has 1 saturated heterocycles. The summed E-state index contributed by atoms with van der Waals surface area (Å²) in [6.45, 7) is 4.93. The van der Waals surface area contributed by atoms with Crippen LogP contribution in [0.1, 0.15) is 29.0 Å². The molecule has 27 heavy (non-hydrogen) atoms. The van der Waals surface area contributed by atoms with Crippen LogP contribution in [0.25, 0.3) is 0 Å². The van der Waals surface area contributed by atoms with Crippen molar-refractivity contribution in [3.63, 3.8) is 0 Å². The number of carboxylic acids is 1. The number of thioether (sulfide) groups is 1. The van der Waals surface area contributed by atoms with Gasteiger partial charge in [0.05, 0.1) is 16.8 Å². The van der Waals surface area contributed by atoms with Gasteiger partial charge in [-0.05, 0) is 47.5 Å². The van der Waals surface area contributed by atoms with Gasteiger partial charge in [-0.1, -0.05) is 41.6 Å².